The fourth-order valence-corrected chi connectivity index (χ4v) is 3.84. The Hall–Kier alpha value is -2.49. The maximum atomic E-state index is 13.7. The van der Waals surface area contributed by atoms with Gasteiger partial charge >= 0.3 is 12.2 Å². The number of hydrogen-bond acceptors (Lipinski definition) is 4. The SMILES string of the molecule is CC(C)NC(=O)C1CCN(C(=O)Nc2ccc(N3CCOCC3)cc2C(F)(F)F)CC1. The van der Waals surface area contributed by atoms with E-state index in [9.17, 15) is 22.8 Å². The number of piperidine rings is 1. The van der Waals surface area contributed by atoms with Crippen molar-refractivity contribution in [1.29, 1.82) is 0 Å². The fraction of sp³-hybridized carbons (Fsp3) is 0.619. The average Bonchev–Trinajstić information content (AvgIpc) is 2.73. The van der Waals surface area contributed by atoms with Gasteiger partial charge in [-0.2, -0.15) is 13.2 Å². The monoisotopic (exact) mass is 442 g/mol. The zero-order chi connectivity index (χ0) is 22.6. The number of urea groups is 1. The Morgan fingerprint density at radius 2 is 1.74 bits per heavy atom. The second kappa shape index (κ2) is 9.76. The Labute approximate surface area is 179 Å². The summed E-state index contributed by atoms with van der Waals surface area (Å²) in [4.78, 5) is 28.0. The lowest BCUT2D eigenvalue weighted by Crippen LogP contribution is -2.45. The van der Waals surface area contributed by atoms with Crippen LogP contribution < -0.4 is 15.5 Å². The van der Waals surface area contributed by atoms with Gasteiger partial charge in [0.1, 0.15) is 0 Å². The van der Waals surface area contributed by atoms with Crippen molar-refractivity contribution in [2.75, 3.05) is 49.6 Å². The van der Waals surface area contributed by atoms with E-state index in [1.165, 1.54) is 11.0 Å². The van der Waals surface area contributed by atoms with E-state index in [0.717, 1.165) is 6.07 Å². The molecule has 2 heterocycles. The van der Waals surface area contributed by atoms with E-state index in [0.29, 0.717) is 57.9 Å². The number of benzene rings is 1. The van der Waals surface area contributed by atoms with Gasteiger partial charge in [0.15, 0.2) is 0 Å². The number of ether oxygens (including phenoxy) is 1. The fourth-order valence-electron chi connectivity index (χ4n) is 3.84. The number of halogens is 3. The number of amides is 3. The van der Waals surface area contributed by atoms with Crippen LogP contribution in [-0.4, -0.2) is 62.3 Å². The summed E-state index contributed by atoms with van der Waals surface area (Å²) < 4.78 is 46.3. The van der Waals surface area contributed by atoms with Crippen molar-refractivity contribution in [2.24, 2.45) is 5.92 Å². The minimum Gasteiger partial charge on any atom is -0.378 e. The summed E-state index contributed by atoms with van der Waals surface area (Å²) in [5.41, 5.74) is -0.698. The van der Waals surface area contributed by atoms with E-state index in [1.807, 2.05) is 18.7 Å². The molecular formula is C21H29F3N4O3. The molecule has 2 N–H and O–H groups in total. The van der Waals surface area contributed by atoms with Crippen molar-refractivity contribution >= 4 is 23.3 Å². The van der Waals surface area contributed by atoms with Crippen LogP contribution in [0.25, 0.3) is 0 Å². The van der Waals surface area contributed by atoms with Crippen LogP contribution in [0.5, 0.6) is 0 Å². The lowest BCUT2D eigenvalue weighted by atomic mass is 9.96. The molecule has 31 heavy (non-hydrogen) atoms. The number of likely N-dealkylation sites (tertiary alicyclic amines) is 1. The molecule has 172 valence electrons. The van der Waals surface area contributed by atoms with Crippen molar-refractivity contribution in [3.63, 3.8) is 0 Å². The third-order valence-corrected chi connectivity index (χ3v) is 5.51. The van der Waals surface area contributed by atoms with Gasteiger partial charge in [-0.3, -0.25) is 4.79 Å². The highest BCUT2D eigenvalue weighted by atomic mass is 19.4. The largest absolute Gasteiger partial charge is 0.418 e. The van der Waals surface area contributed by atoms with Gasteiger partial charge in [0.25, 0.3) is 0 Å². The zero-order valence-corrected chi connectivity index (χ0v) is 17.8. The molecule has 0 spiro atoms. The summed E-state index contributed by atoms with van der Waals surface area (Å²) in [6.45, 7) is 6.34. The smallest absolute Gasteiger partial charge is 0.378 e. The van der Waals surface area contributed by atoms with Crippen molar-refractivity contribution in [1.82, 2.24) is 10.2 Å². The Bertz CT molecular complexity index is 787. The van der Waals surface area contributed by atoms with E-state index in [4.69, 9.17) is 4.74 Å². The molecular weight excluding hydrogens is 413 g/mol. The summed E-state index contributed by atoms with van der Waals surface area (Å²) in [5, 5.41) is 5.27. The number of hydrogen-bond donors (Lipinski definition) is 2. The quantitative estimate of drug-likeness (QED) is 0.751. The zero-order valence-electron chi connectivity index (χ0n) is 17.8. The molecule has 0 bridgehead atoms. The maximum absolute atomic E-state index is 13.7. The van der Waals surface area contributed by atoms with Crippen LogP contribution in [0.15, 0.2) is 18.2 Å². The maximum Gasteiger partial charge on any atom is 0.418 e. The van der Waals surface area contributed by atoms with Crippen molar-refractivity contribution < 1.29 is 27.5 Å². The van der Waals surface area contributed by atoms with Crippen molar-refractivity contribution in [2.45, 2.75) is 38.9 Å². The Morgan fingerprint density at radius 1 is 1.10 bits per heavy atom. The Kier molecular flexibility index (Phi) is 7.30. The van der Waals surface area contributed by atoms with Gasteiger partial charge in [-0.15, -0.1) is 0 Å². The van der Waals surface area contributed by atoms with Crippen molar-refractivity contribution in [3.8, 4) is 0 Å². The van der Waals surface area contributed by atoms with Crippen LogP contribution >= 0.6 is 0 Å². The van der Waals surface area contributed by atoms with Crippen LogP contribution in [-0.2, 0) is 15.7 Å². The van der Waals surface area contributed by atoms with E-state index in [-0.39, 0.29) is 23.6 Å². The van der Waals surface area contributed by atoms with Crippen LogP contribution in [0, 0.1) is 5.92 Å². The van der Waals surface area contributed by atoms with Gasteiger partial charge in [-0.1, -0.05) is 0 Å². The molecule has 3 rings (SSSR count). The first-order valence-corrected chi connectivity index (χ1v) is 10.6. The molecule has 0 saturated carbocycles. The molecule has 3 amide bonds. The van der Waals surface area contributed by atoms with Crippen LogP contribution in [0.1, 0.15) is 32.3 Å². The van der Waals surface area contributed by atoms with Gasteiger partial charge in [-0.05, 0) is 44.9 Å². The van der Waals surface area contributed by atoms with Crippen LogP contribution in [0.2, 0.25) is 0 Å². The topological polar surface area (TPSA) is 73.9 Å². The molecule has 2 aliphatic heterocycles. The van der Waals surface area contributed by atoms with Gasteiger partial charge < -0.3 is 25.2 Å². The van der Waals surface area contributed by atoms with Gasteiger partial charge in [0.05, 0.1) is 24.5 Å². The lowest BCUT2D eigenvalue weighted by Gasteiger charge is -2.32. The predicted molar refractivity (Wildman–Crippen MR) is 111 cm³/mol. The summed E-state index contributed by atoms with van der Waals surface area (Å²) in [5.74, 6) is -0.238. The summed E-state index contributed by atoms with van der Waals surface area (Å²) in [6.07, 6.45) is -3.64. The minimum atomic E-state index is -4.60. The molecule has 0 aromatic heterocycles. The number of carbonyl (C=O) groups excluding carboxylic acids is 2. The predicted octanol–water partition coefficient (Wildman–Crippen LogP) is 3.31. The first-order valence-electron chi connectivity index (χ1n) is 10.6. The van der Waals surface area contributed by atoms with E-state index < -0.39 is 17.8 Å². The van der Waals surface area contributed by atoms with Gasteiger partial charge in [0.2, 0.25) is 5.91 Å². The third-order valence-electron chi connectivity index (χ3n) is 5.51. The highest BCUT2D eigenvalue weighted by Gasteiger charge is 2.35. The molecule has 2 aliphatic rings. The first kappa shape index (κ1) is 23.2. The summed E-state index contributed by atoms with van der Waals surface area (Å²) in [7, 11) is 0. The van der Waals surface area contributed by atoms with Gasteiger partial charge in [-0.25, -0.2) is 4.79 Å². The molecule has 7 nitrogen and oxygen atoms in total. The molecule has 0 atom stereocenters. The Morgan fingerprint density at radius 3 is 2.32 bits per heavy atom. The van der Waals surface area contributed by atoms with Crippen LogP contribution in [0.4, 0.5) is 29.3 Å². The molecule has 10 heteroatoms. The standard InChI is InChI=1S/C21H29F3N4O3/c1-14(2)25-19(29)15-5-7-28(8-6-15)20(30)26-18-4-3-16(13-17(18)21(22,23)24)27-9-11-31-12-10-27/h3-4,13-15H,5-12H2,1-2H3,(H,25,29)(H,26,30). The number of morpholine rings is 1. The number of carbonyl (C=O) groups is 2. The number of alkyl halides is 3. The number of nitrogens with one attached hydrogen (secondary N) is 2. The van der Waals surface area contributed by atoms with Crippen molar-refractivity contribution in [3.05, 3.63) is 23.8 Å². The second-order valence-electron chi connectivity index (χ2n) is 8.18. The average molecular weight is 442 g/mol. The number of rotatable bonds is 4. The molecule has 1 aromatic carbocycles. The minimum absolute atomic E-state index is 0.0371. The second-order valence-corrected chi connectivity index (χ2v) is 8.18. The third kappa shape index (κ3) is 6.03. The molecule has 0 aliphatic carbocycles. The molecule has 2 saturated heterocycles. The van der Waals surface area contributed by atoms with E-state index in [1.54, 1.807) is 6.07 Å². The lowest BCUT2D eigenvalue weighted by molar-refractivity contribution is -0.137. The summed E-state index contributed by atoms with van der Waals surface area (Å²) >= 11 is 0. The van der Waals surface area contributed by atoms with E-state index in [2.05, 4.69) is 10.6 Å². The molecule has 0 unspecified atom stereocenters. The van der Waals surface area contributed by atoms with E-state index >= 15 is 0 Å². The van der Waals surface area contributed by atoms with Gasteiger partial charge in [0, 0.05) is 43.8 Å². The normalized spacial score (nSPS) is 18.3. The molecule has 1 aromatic rings. The van der Waals surface area contributed by atoms with Crippen LogP contribution in [0.3, 0.4) is 0 Å². The number of anilines is 2. The first-order chi connectivity index (χ1) is 14.6. The molecule has 0 radical (unpaired) electrons. The number of nitrogens with zero attached hydrogens (tertiary/aromatic N) is 2. The summed E-state index contributed by atoms with van der Waals surface area (Å²) in [6, 6.07) is 3.40. The Balaban J connectivity index is 1.66. The molecule has 2 fully saturated rings. The highest BCUT2D eigenvalue weighted by Crippen LogP contribution is 2.37. The highest BCUT2D eigenvalue weighted by molar-refractivity contribution is 5.91.